The maximum Gasteiger partial charge on any atom is 2.00 e. The molecule has 0 aliphatic carbocycles. The first-order valence-corrected chi connectivity index (χ1v) is 20.1. The van der Waals surface area contributed by atoms with Crippen molar-refractivity contribution < 1.29 is 30.5 Å². The van der Waals surface area contributed by atoms with Crippen molar-refractivity contribution in [2.24, 2.45) is 4.99 Å². The van der Waals surface area contributed by atoms with Crippen LogP contribution in [0, 0.1) is 39.8 Å². The minimum Gasteiger partial charge on any atom is -0.512 e. The van der Waals surface area contributed by atoms with Gasteiger partial charge in [-0.15, -0.1) is 29.8 Å². The number of nitrogens with zero attached hydrogens (tertiary/aromatic N) is 3. The normalized spacial score (nSPS) is 16.4. The van der Waals surface area contributed by atoms with Gasteiger partial charge in [-0.1, -0.05) is 118 Å². The Bertz CT molecular complexity index is 2710. The van der Waals surface area contributed by atoms with Crippen LogP contribution >= 0.6 is 0 Å². The Morgan fingerprint density at radius 2 is 1.47 bits per heavy atom. The van der Waals surface area contributed by atoms with E-state index < -0.39 is 11.1 Å². The van der Waals surface area contributed by atoms with Crippen LogP contribution in [0.25, 0.3) is 38.8 Å². The Hall–Kier alpha value is -4.99. The number of aromatic nitrogens is 2. The largest absolute Gasteiger partial charge is 2.00 e. The second-order valence-corrected chi connectivity index (χ2v) is 18.0. The van der Waals surface area contributed by atoms with Gasteiger partial charge in [-0.3, -0.25) is 4.99 Å². The zero-order valence-electron chi connectivity index (χ0n) is 35.8. The van der Waals surface area contributed by atoms with Crippen molar-refractivity contribution in [3.05, 3.63) is 154 Å². The van der Waals surface area contributed by atoms with Gasteiger partial charge in [0.25, 0.3) is 0 Å². The Kier molecular flexibility index (Phi) is 10.6. The summed E-state index contributed by atoms with van der Waals surface area (Å²) < 4.78 is 16.0. The van der Waals surface area contributed by atoms with Gasteiger partial charge in [0, 0.05) is 28.5 Å². The van der Waals surface area contributed by atoms with Crippen molar-refractivity contribution in [1.82, 2.24) is 9.55 Å². The zero-order chi connectivity index (χ0) is 40.6. The molecule has 0 fully saturated rings. The molecule has 1 atom stereocenters. The summed E-state index contributed by atoms with van der Waals surface area (Å²) in [4.78, 5) is 10.3. The van der Waals surface area contributed by atoms with E-state index in [1.165, 1.54) is 33.2 Å². The molecule has 0 N–H and O–H groups in total. The predicted molar refractivity (Wildman–Crippen MR) is 235 cm³/mol. The van der Waals surface area contributed by atoms with Crippen LogP contribution in [-0.4, -0.2) is 21.0 Å². The maximum atomic E-state index is 6.95. The summed E-state index contributed by atoms with van der Waals surface area (Å²) in [5.41, 5.74) is 12.7. The fourth-order valence-electron chi connectivity index (χ4n) is 8.45. The number of benzene rings is 5. The van der Waals surface area contributed by atoms with Gasteiger partial charge in [-0.2, -0.15) is 0 Å². The standard InChI is InChI=1S/C52H53N3O2.Pt/c1-31(2)36-18-19-45-44(27-36)47-33(4)20-21-53-48(47)55(45)41-28-40(50(7,8)9)29-43(30-41)56-42-25-37(46-34(5)22-32(3)23-35(46)6)24-38(26-42)49-54-52(12,51(10,11)57-49)39-16-14-13-15-17-39;/h13-25,27-29,31H,1-12H3;/q-2;+2/t52-;/m1./s1. The molecule has 6 heteroatoms. The topological polar surface area (TPSA) is 48.6 Å². The molecular weight excluding hydrogens is 894 g/mol. The molecule has 0 bridgehead atoms. The van der Waals surface area contributed by atoms with Crippen LogP contribution < -0.4 is 4.74 Å². The fourth-order valence-corrected chi connectivity index (χ4v) is 8.45. The summed E-state index contributed by atoms with van der Waals surface area (Å²) in [5, 5.41) is 2.35. The van der Waals surface area contributed by atoms with Gasteiger partial charge in [0.15, 0.2) is 0 Å². The third-order valence-electron chi connectivity index (χ3n) is 11.9. The molecule has 7 aromatic rings. The first-order valence-electron chi connectivity index (χ1n) is 20.1. The zero-order valence-corrected chi connectivity index (χ0v) is 38.1. The smallest absolute Gasteiger partial charge is 0.512 e. The number of aliphatic imine (C=N–C) groups is 1. The van der Waals surface area contributed by atoms with E-state index in [0.717, 1.165) is 50.1 Å². The molecule has 5 aromatic carbocycles. The van der Waals surface area contributed by atoms with Crippen LogP contribution in [0.3, 0.4) is 0 Å². The number of aryl methyl sites for hydroxylation is 4. The van der Waals surface area contributed by atoms with Crippen LogP contribution in [0.1, 0.15) is 106 Å². The van der Waals surface area contributed by atoms with E-state index in [4.69, 9.17) is 19.5 Å². The predicted octanol–water partition coefficient (Wildman–Crippen LogP) is 13.4. The van der Waals surface area contributed by atoms with E-state index in [-0.39, 0.29) is 26.5 Å². The van der Waals surface area contributed by atoms with E-state index in [0.29, 0.717) is 23.3 Å². The van der Waals surface area contributed by atoms with Crippen LogP contribution in [-0.2, 0) is 36.8 Å². The Morgan fingerprint density at radius 1 is 0.776 bits per heavy atom. The van der Waals surface area contributed by atoms with Gasteiger partial charge in [-0.05, 0) is 111 Å². The second-order valence-electron chi connectivity index (χ2n) is 18.0. The first-order chi connectivity index (χ1) is 26.9. The second kappa shape index (κ2) is 15.0. The SMILES string of the molecule is Cc1cc(C)c(-c2cc(Oc3[c-]c(-n4c5ccc(C(C)C)cc5c5c(C)ccnc54)cc(C(C)(C)C)c3)[c-]c(C3=N[C@](C)(c4ccccc4)C(C)(C)O3)c2)c(C)c1.[Pt+2]. The van der Waals surface area contributed by atoms with Crippen LogP contribution in [0.5, 0.6) is 11.5 Å². The van der Waals surface area contributed by atoms with Crippen molar-refractivity contribution in [3.8, 4) is 28.3 Å². The number of rotatable bonds is 7. The quantitative estimate of drug-likeness (QED) is 0.150. The Balaban J connectivity index is 0.00000512. The van der Waals surface area contributed by atoms with E-state index >= 15 is 0 Å². The van der Waals surface area contributed by atoms with E-state index in [1.807, 2.05) is 12.3 Å². The first kappa shape index (κ1) is 41.2. The molecule has 1 aliphatic heterocycles. The van der Waals surface area contributed by atoms with Crippen molar-refractivity contribution in [1.29, 1.82) is 0 Å². The van der Waals surface area contributed by atoms with E-state index in [1.54, 1.807) is 0 Å². The summed E-state index contributed by atoms with van der Waals surface area (Å²) >= 11 is 0. The average Bonchev–Trinajstić information content (AvgIpc) is 3.61. The summed E-state index contributed by atoms with van der Waals surface area (Å²) in [7, 11) is 0. The molecule has 0 unspecified atom stereocenters. The third kappa shape index (κ3) is 7.21. The number of pyridine rings is 1. The minimum absolute atomic E-state index is 0. The fraction of sp³-hybridized carbons (Fsp3) is 0.308. The van der Waals surface area contributed by atoms with Gasteiger partial charge in [-0.25, -0.2) is 4.98 Å². The van der Waals surface area contributed by atoms with Crippen molar-refractivity contribution >= 4 is 27.8 Å². The van der Waals surface area contributed by atoms with Crippen LogP contribution in [0.15, 0.2) is 102 Å². The van der Waals surface area contributed by atoms with Gasteiger partial charge in [0.1, 0.15) is 22.7 Å². The molecule has 298 valence electrons. The summed E-state index contributed by atoms with van der Waals surface area (Å²) in [5.74, 6) is 2.11. The molecule has 8 rings (SSSR count). The van der Waals surface area contributed by atoms with Crippen LogP contribution in [0.4, 0.5) is 0 Å². The number of ether oxygens (including phenoxy) is 2. The van der Waals surface area contributed by atoms with Gasteiger partial charge in [0.05, 0.1) is 5.52 Å². The van der Waals surface area contributed by atoms with Crippen molar-refractivity contribution in [3.63, 3.8) is 0 Å². The molecule has 1 aliphatic rings. The average molecular weight is 947 g/mol. The number of hydrogen-bond acceptors (Lipinski definition) is 4. The molecule has 0 saturated heterocycles. The maximum absolute atomic E-state index is 6.95. The molecule has 58 heavy (non-hydrogen) atoms. The van der Waals surface area contributed by atoms with Gasteiger partial charge >= 0.3 is 21.1 Å². The minimum atomic E-state index is -0.613. The summed E-state index contributed by atoms with van der Waals surface area (Å²) in [6.07, 6.45) is 1.90. The number of hydrogen-bond donors (Lipinski definition) is 0. The molecule has 0 spiro atoms. The monoisotopic (exact) mass is 946 g/mol. The van der Waals surface area contributed by atoms with Gasteiger partial charge < -0.3 is 14.0 Å². The molecule has 3 heterocycles. The van der Waals surface area contributed by atoms with Crippen molar-refractivity contribution in [2.75, 3.05) is 0 Å². The number of fused-ring (bicyclic) bond motifs is 3. The third-order valence-corrected chi connectivity index (χ3v) is 11.9. The molecule has 0 amide bonds. The van der Waals surface area contributed by atoms with E-state index in [2.05, 4.69) is 185 Å². The summed E-state index contributed by atoms with van der Waals surface area (Å²) in [6, 6.07) is 39.6. The molecular formula is C52H53N3O2Pt. The Morgan fingerprint density at radius 3 is 2.14 bits per heavy atom. The van der Waals surface area contributed by atoms with Gasteiger partial charge in [0.2, 0.25) is 0 Å². The Labute approximate surface area is 358 Å². The van der Waals surface area contributed by atoms with Crippen LogP contribution in [0.2, 0.25) is 0 Å². The molecule has 0 radical (unpaired) electrons. The van der Waals surface area contributed by atoms with E-state index in [9.17, 15) is 0 Å². The summed E-state index contributed by atoms with van der Waals surface area (Å²) in [6.45, 7) is 26.2. The molecule has 2 aromatic heterocycles. The molecule has 5 nitrogen and oxygen atoms in total. The van der Waals surface area contributed by atoms with Crippen molar-refractivity contribution in [2.45, 2.75) is 106 Å². The molecule has 0 saturated carbocycles.